The number of ether oxygens (including phenoxy) is 1. The quantitative estimate of drug-likeness (QED) is 0.627. The van der Waals surface area contributed by atoms with Crippen molar-refractivity contribution in [3.8, 4) is 11.6 Å². The summed E-state index contributed by atoms with van der Waals surface area (Å²) in [5, 5.41) is 16.8. The number of aromatic nitrogens is 1. The molecule has 2 N–H and O–H groups in total. The molecule has 1 aromatic rings. The Bertz CT molecular complexity index is 415. The van der Waals surface area contributed by atoms with Gasteiger partial charge in [-0.3, -0.25) is 0 Å². The summed E-state index contributed by atoms with van der Waals surface area (Å²) in [5.41, 5.74) is 0. The number of hydrogen-bond acceptors (Lipinski definition) is 5. The first kappa shape index (κ1) is 14.5. The summed E-state index contributed by atoms with van der Waals surface area (Å²) in [6.45, 7) is 0.697. The maximum absolute atomic E-state index is 13.3. The highest BCUT2D eigenvalue weighted by Crippen LogP contribution is 2.26. The molecule has 5 nitrogen and oxygen atoms in total. The lowest BCUT2D eigenvalue weighted by atomic mass is 10.2. The Morgan fingerprint density at radius 2 is 2.00 bits per heavy atom. The largest absolute Gasteiger partial charge is 0.707 e. The van der Waals surface area contributed by atoms with Crippen LogP contribution in [0.1, 0.15) is 6.92 Å². The van der Waals surface area contributed by atoms with Gasteiger partial charge in [0.25, 0.3) is 5.88 Å². The van der Waals surface area contributed by atoms with E-state index in [1.165, 1.54) is 0 Å². The zero-order valence-electron chi connectivity index (χ0n) is 8.98. The summed E-state index contributed by atoms with van der Waals surface area (Å²) in [6, 6.07) is 0.616. The van der Waals surface area contributed by atoms with Crippen LogP contribution in [-0.4, -0.2) is 34.6 Å². The number of rotatable bonds is 4. The van der Waals surface area contributed by atoms with Gasteiger partial charge in [-0.1, -0.05) is 0 Å². The predicted molar refractivity (Wildman–Crippen MR) is 51.2 cm³/mol. The minimum Gasteiger partial charge on any atom is -0.511 e. The molecular formula is C8H8BF4NO4. The molecule has 0 aliphatic heterocycles. The van der Waals surface area contributed by atoms with Crippen LogP contribution >= 0.6 is 0 Å². The number of halogens is 4. The van der Waals surface area contributed by atoms with Crippen molar-refractivity contribution in [1.82, 2.24) is 4.98 Å². The normalized spacial score (nSPS) is 13.1. The number of nitrogens with zero attached hydrogens (tertiary/aromatic N) is 1. The lowest BCUT2D eigenvalue weighted by molar-refractivity contribution is -0.190. The molecule has 100 valence electrons. The van der Waals surface area contributed by atoms with Gasteiger partial charge in [0.15, 0.2) is 11.9 Å². The highest BCUT2D eigenvalue weighted by Gasteiger charge is 2.38. The first-order valence-corrected chi connectivity index (χ1v) is 4.62. The Morgan fingerprint density at radius 3 is 2.44 bits per heavy atom. The molecule has 1 atom stereocenters. The monoisotopic (exact) mass is 269 g/mol. The van der Waals surface area contributed by atoms with Crippen LogP contribution in [0.25, 0.3) is 0 Å². The molecule has 1 rings (SSSR count). The second kappa shape index (κ2) is 5.40. The third-order valence-electron chi connectivity index (χ3n) is 1.77. The molecule has 1 heterocycles. The van der Waals surface area contributed by atoms with Crippen molar-refractivity contribution in [1.29, 1.82) is 0 Å². The Hall–Kier alpha value is -1.55. The van der Waals surface area contributed by atoms with Crippen molar-refractivity contribution in [2.24, 2.45) is 0 Å². The van der Waals surface area contributed by atoms with E-state index < -0.39 is 31.3 Å². The van der Waals surface area contributed by atoms with Crippen molar-refractivity contribution in [3.05, 3.63) is 18.1 Å². The minimum absolute atomic E-state index is 0.366. The van der Waals surface area contributed by atoms with E-state index in [1.54, 1.807) is 0 Å². The molecule has 0 saturated carbocycles. The zero-order valence-corrected chi connectivity index (χ0v) is 8.98. The maximum Gasteiger partial charge on any atom is 0.707 e. The number of hydrogen-bond donors (Lipinski definition) is 2. The molecule has 0 aliphatic carbocycles. The van der Waals surface area contributed by atoms with Crippen LogP contribution in [0.5, 0.6) is 11.6 Å². The smallest absolute Gasteiger partial charge is 0.511 e. The van der Waals surface area contributed by atoms with Crippen molar-refractivity contribution < 1.29 is 37.0 Å². The molecule has 0 saturated heterocycles. The molecule has 10 heteroatoms. The van der Waals surface area contributed by atoms with Gasteiger partial charge in [0.2, 0.25) is 0 Å². The fourth-order valence-electron chi connectivity index (χ4n) is 0.915. The average molecular weight is 269 g/mol. The van der Waals surface area contributed by atoms with Crippen molar-refractivity contribution in [2.75, 3.05) is 0 Å². The van der Waals surface area contributed by atoms with E-state index >= 15 is 0 Å². The van der Waals surface area contributed by atoms with E-state index in [2.05, 4.69) is 14.4 Å². The molecular weight excluding hydrogens is 261 g/mol. The summed E-state index contributed by atoms with van der Waals surface area (Å²) in [5.74, 6) is -2.45. The van der Waals surface area contributed by atoms with Gasteiger partial charge in [-0.05, 0) is 6.92 Å². The first-order valence-electron chi connectivity index (χ1n) is 4.62. The van der Waals surface area contributed by atoms with Gasteiger partial charge in [-0.15, -0.1) is 0 Å². The summed E-state index contributed by atoms with van der Waals surface area (Å²) >= 11 is 0. The van der Waals surface area contributed by atoms with Crippen LogP contribution in [0.3, 0.4) is 0 Å². The summed E-state index contributed by atoms with van der Waals surface area (Å²) in [4.78, 5) is 3.24. The second-order valence-electron chi connectivity index (χ2n) is 3.20. The van der Waals surface area contributed by atoms with Gasteiger partial charge in [-0.25, -0.2) is 9.37 Å². The van der Waals surface area contributed by atoms with E-state index in [4.69, 9.17) is 10.0 Å². The summed E-state index contributed by atoms with van der Waals surface area (Å²) < 4.78 is 58.2. The number of alkyl halides is 3. The lowest BCUT2D eigenvalue weighted by Gasteiger charge is -2.17. The van der Waals surface area contributed by atoms with E-state index in [1.807, 2.05) is 0 Å². The van der Waals surface area contributed by atoms with E-state index in [9.17, 15) is 17.6 Å². The van der Waals surface area contributed by atoms with Gasteiger partial charge < -0.3 is 19.4 Å². The van der Waals surface area contributed by atoms with Crippen LogP contribution in [0.15, 0.2) is 12.3 Å². The Kier molecular flexibility index (Phi) is 4.35. The van der Waals surface area contributed by atoms with E-state index in [0.717, 1.165) is 6.20 Å². The molecule has 0 bridgehead atoms. The molecule has 0 radical (unpaired) electrons. The highest BCUT2D eigenvalue weighted by atomic mass is 19.4. The standard InChI is InChI=1S/C8H8BF4NO4/c1-4(8(11,12)13)17-7-6(10)2-5(3-14-7)18-9(15)16/h2-4,15-16H,1H3. The van der Waals surface area contributed by atoms with Crippen LogP contribution in [-0.2, 0) is 0 Å². The van der Waals surface area contributed by atoms with Crippen molar-refractivity contribution in [3.63, 3.8) is 0 Å². The predicted octanol–water partition coefficient (Wildman–Crippen LogP) is 0.899. The first-order chi connectivity index (χ1) is 8.20. The van der Waals surface area contributed by atoms with Crippen molar-refractivity contribution >= 4 is 7.32 Å². The molecule has 0 fully saturated rings. The second-order valence-corrected chi connectivity index (χ2v) is 3.20. The van der Waals surface area contributed by atoms with Gasteiger partial charge in [0.05, 0.1) is 6.20 Å². The lowest BCUT2D eigenvalue weighted by Crippen LogP contribution is -2.31. The van der Waals surface area contributed by atoms with Gasteiger partial charge >= 0.3 is 13.5 Å². The fourth-order valence-corrected chi connectivity index (χ4v) is 0.915. The molecule has 1 unspecified atom stereocenters. The Labute approximate surface area is 99.2 Å². The Morgan fingerprint density at radius 1 is 1.39 bits per heavy atom. The summed E-state index contributed by atoms with van der Waals surface area (Å²) in [6.07, 6.45) is -6.08. The summed E-state index contributed by atoms with van der Waals surface area (Å²) in [7, 11) is -2.19. The fraction of sp³-hybridized carbons (Fsp3) is 0.375. The van der Waals surface area contributed by atoms with Crippen LogP contribution in [0, 0.1) is 5.82 Å². The molecule has 0 amide bonds. The van der Waals surface area contributed by atoms with Crippen LogP contribution in [0.4, 0.5) is 17.6 Å². The topological polar surface area (TPSA) is 71.8 Å². The Balaban J connectivity index is 2.80. The SMILES string of the molecule is CC(Oc1ncc(OB(O)O)cc1F)C(F)(F)F. The van der Waals surface area contributed by atoms with Crippen molar-refractivity contribution in [2.45, 2.75) is 19.2 Å². The van der Waals surface area contributed by atoms with Gasteiger partial charge in [0, 0.05) is 6.07 Å². The average Bonchev–Trinajstić information content (AvgIpc) is 2.19. The highest BCUT2D eigenvalue weighted by molar-refractivity contribution is 6.33. The molecule has 18 heavy (non-hydrogen) atoms. The molecule has 0 aliphatic rings. The van der Waals surface area contributed by atoms with Crippen LogP contribution < -0.4 is 9.39 Å². The third-order valence-corrected chi connectivity index (χ3v) is 1.77. The minimum atomic E-state index is -4.65. The third kappa shape index (κ3) is 4.04. The van der Waals surface area contributed by atoms with Crippen LogP contribution in [0.2, 0.25) is 0 Å². The van der Waals surface area contributed by atoms with E-state index in [-0.39, 0.29) is 5.75 Å². The van der Waals surface area contributed by atoms with Gasteiger partial charge in [0.1, 0.15) is 5.75 Å². The molecule has 0 aromatic carbocycles. The molecule has 1 aromatic heterocycles. The zero-order chi connectivity index (χ0) is 13.9. The molecule has 0 spiro atoms. The number of pyridine rings is 1. The van der Waals surface area contributed by atoms with E-state index in [0.29, 0.717) is 13.0 Å². The maximum atomic E-state index is 13.3. The van der Waals surface area contributed by atoms with Gasteiger partial charge in [-0.2, -0.15) is 13.2 Å².